The van der Waals surface area contributed by atoms with E-state index in [4.69, 9.17) is 20.3 Å². The van der Waals surface area contributed by atoms with Gasteiger partial charge < -0.3 is 9.15 Å². The zero-order valence-corrected chi connectivity index (χ0v) is 18.4. The fraction of sp³-hybridized carbons (Fsp3) is 0.130. The molecule has 12 heteroatoms. The lowest BCUT2D eigenvalue weighted by Gasteiger charge is -2.07. The van der Waals surface area contributed by atoms with E-state index in [-0.39, 0.29) is 50.9 Å². The van der Waals surface area contributed by atoms with Crippen LogP contribution in [0.25, 0.3) is 39.3 Å². The van der Waals surface area contributed by atoms with Gasteiger partial charge in [0.2, 0.25) is 5.89 Å². The molecule has 2 aromatic carbocycles. The summed E-state index contributed by atoms with van der Waals surface area (Å²) < 4.78 is 53.6. The van der Waals surface area contributed by atoms with Gasteiger partial charge in [0.05, 0.1) is 23.9 Å². The predicted octanol–water partition coefficient (Wildman–Crippen LogP) is 2.30. The molecule has 0 saturated carbocycles. The summed E-state index contributed by atoms with van der Waals surface area (Å²) in [6, 6.07) is 11.0. The number of oxazole rings is 1. The van der Waals surface area contributed by atoms with Crippen molar-refractivity contribution in [3.8, 4) is 28.3 Å². The number of hydrogen-bond donors (Lipinski definition) is 3. The molecule has 9 nitrogen and oxygen atoms in total. The second kappa shape index (κ2) is 7.72. The molecule has 0 aliphatic heterocycles. The molecule has 0 bridgehead atoms. The number of benzene rings is 2. The van der Waals surface area contributed by atoms with Crippen LogP contribution in [0.5, 0.6) is 5.75 Å². The molecule has 0 atom stereocenters. The van der Waals surface area contributed by atoms with E-state index in [1.807, 2.05) is 0 Å². The van der Waals surface area contributed by atoms with Gasteiger partial charge in [0.15, 0.2) is 16.7 Å². The zero-order chi connectivity index (χ0) is 25.1. The molecular formula is C23H18F3N6O3+. The van der Waals surface area contributed by atoms with Crippen LogP contribution in [-0.4, -0.2) is 32.5 Å². The third-order valence-corrected chi connectivity index (χ3v) is 5.53. The number of methoxy groups -OCH3 is 1. The number of aromatic amines is 1. The predicted molar refractivity (Wildman–Crippen MR) is 121 cm³/mol. The summed E-state index contributed by atoms with van der Waals surface area (Å²) in [6.07, 6.45) is -4.76. The average Bonchev–Trinajstić information content (AvgIpc) is 3.40. The first-order chi connectivity index (χ1) is 16.6. The van der Waals surface area contributed by atoms with Crippen molar-refractivity contribution < 1.29 is 27.7 Å². The maximum absolute atomic E-state index is 13.9. The van der Waals surface area contributed by atoms with Crippen LogP contribution in [0, 0.1) is 6.92 Å². The van der Waals surface area contributed by atoms with Gasteiger partial charge in [0.25, 0.3) is 11.4 Å². The number of H-pyrrole nitrogens is 1. The number of nitrogens with zero attached hydrogens (tertiary/aromatic N) is 3. The quantitative estimate of drug-likeness (QED) is 0.265. The molecule has 5 N–H and O–H groups in total. The Morgan fingerprint density at radius 3 is 2.51 bits per heavy atom. The lowest BCUT2D eigenvalue weighted by molar-refractivity contribution is -0.140. The third kappa shape index (κ3) is 3.50. The highest BCUT2D eigenvalue weighted by molar-refractivity contribution is 5.98. The molecule has 3 heterocycles. The second-order valence-corrected chi connectivity index (χ2v) is 7.76. The topological polar surface area (TPSA) is 137 Å². The molecule has 0 saturated heterocycles. The molecule has 0 fully saturated rings. The third-order valence-electron chi connectivity index (χ3n) is 5.53. The summed E-state index contributed by atoms with van der Waals surface area (Å²) in [7, 11) is 1.41. The number of fused-ring (bicyclic) bond motifs is 2. The second-order valence-electron chi connectivity index (χ2n) is 7.76. The number of ether oxygens (including phenoxy) is 1. The maximum atomic E-state index is 13.9. The number of alkyl halides is 3. The Bertz CT molecular complexity index is 1680. The largest absolute Gasteiger partial charge is 0.494 e. The lowest BCUT2D eigenvalue weighted by atomic mass is 10.1. The molecule has 0 spiro atoms. The summed E-state index contributed by atoms with van der Waals surface area (Å²) in [5, 5.41) is 7.85. The van der Waals surface area contributed by atoms with Gasteiger partial charge in [-0.05, 0) is 24.6 Å². The van der Waals surface area contributed by atoms with Crippen LogP contribution < -0.4 is 21.4 Å². The van der Waals surface area contributed by atoms with Gasteiger partial charge in [0.1, 0.15) is 17.0 Å². The summed E-state index contributed by atoms with van der Waals surface area (Å²) in [4.78, 5) is 22.1. The van der Waals surface area contributed by atoms with Gasteiger partial charge in [0, 0.05) is 0 Å². The van der Waals surface area contributed by atoms with E-state index in [1.165, 1.54) is 32.2 Å². The van der Waals surface area contributed by atoms with Crippen molar-refractivity contribution in [3.63, 3.8) is 0 Å². The van der Waals surface area contributed by atoms with Crippen molar-refractivity contribution in [2.45, 2.75) is 13.1 Å². The van der Waals surface area contributed by atoms with E-state index in [9.17, 15) is 18.0 Å². The molecule has 0 amide bonds. The Kier molecular flexibility index (Phi) is 4.90. The molecule has 5 aromatic rings. The van der Waals surface area contributed by atoms with Crippen molar-refractivity contribution in [1.29, 1.82) is 0 Å². The smallest absolute Gasteiger partial charge is 0.433 e. The minimum absolute atomic E-state index is 0.0157. The molecule has 178 valence electrons. The van der Waals surface area contributed by atoms with Gasteiger partial charge in [-0.25, -0.2) is 9.97 Å². The average molecular weight is 483 g/mol. The molecule has 0 aliphatic rings. The monoisotopic (exact) mass is 483 g/mol. The Balaban J connectivity index is 1.80. The van der Waals surface area contributed by atoms with Crippen LogP contribution >= 0.6 is 0 Å². The highest BCUT2D eigenvalue weighted by Gasteiger charge is 2.38. The number of rotatable bonds is 4. The van der Waals surface area contributed by atoms with Gasteiger partial charge in [-0.2, -0.15) is 17.7 Å². The van der Waals surface area contributed by atoms with Crippen LogP contribution in [0.1, 0.15) is 17.0 Å². The molecule has 3 aromatic heterocycles. The number of aryl methyl sites for hydroxylation is 1. The molecule has 0 aliphatic carbocycles. The fourth-order valence-electron chi connectivity index (χ4n) is 3.94. The van der Waals surface area contributed by atoms with Gasteiger partial charge in [-0.15, -0.1) is 0 Å². The van der Waals surface area contributed by atoms with Crippen LogP contribution in [0.15, 0.2) is 51.7 Å². The molecule has 0 radical (unpaired) electrons. The van der Waals surface area contributed by atoms with Gasteiger partial charge in [-0.1, -0.05) is 30.3 Å². The van der Waals surface area contributed by atoms with E-state index in [0.29, 0.717) is 11.3 Å². The first kappa shape index (κ1) is 22.2. The van der Waals surface area contributed by atoms with E-state index < -0.39 is 17.4 Å². The van der Waals surface area contributed by atoms with Gasteiger partial charge in [-0.3, -0.25) is 21.0 Å². The molecule has 35 heavy (non-hydrogen) atoms. The number of nitrogens with one attached hydrogen (secondary N) is 1. The first-order valence-electron chi connectivity index (χ1n) is 10.2. The Labute approximate surface area is 194 Å². The van der Waals surface area contributed by atoms with Crippen LogP contribution in [0.2, 0.25) is 0 Å². The fourth-order valence-corrected chi connectivity index (χ4v) is 3.94. The number of halogens is 3. The summed E-state index contributed by atoms with van der Waals surface area (Å²) in [5.41, 5.74) is 4.57. The first-order valence-corrected chi connectivity index (χ1v) is 10.2. The Morgan fingerprint density at radius 2 is 1.89 bits per heavy atom. The van der Waals surface area contributed by atoms with Crippen molar-refractivity contribution >= 4 is 22.6 Å². The molecule has 5 rings (SSSR count). The molecular weight excluding hydrogens is 465 g/mol. The van der Waals surface area contributed by atoms with E-state index in [2.05, 4.69) is 15.1 Å². The molecule has 0 unspecified atom stereocenters. The number of nitrogens with two attached hydrogens (primary N) is 2. The van der Waals surface area contributed by atoms with Crippen molar-refractivity contribution in [3.05, 3.63) is 69.8 Å². The highest BCUT2D eigenvalue weighted by atomic mass is 19.4. The summed E-state index contributed by atoms with van der Waals surface area (Å²) >= 11 is 0. The van der Waals surface area contributed by atoms with Crippen LogP contribution in [-0.2, 0) is 6.18 Å². The Hall–Kier alpha value is -4.61. The number of aromatic nitrogens is 4. The van der Waals surface area contributed by atoms with Crippen molar-refractivity contribution in [2.24, 2.45) is 5.73 Å². The lowest BCUT2D eigenvalue weighted by Crippen LogP contribution is -2.46. The Morgan fingerprint density at radius 1 is 1.17 bits per heavy atom. The number of amidine groups is 1. The minimum atomic E-state index is -4.76. The van der Waals surface area contributed by atoms with Crippen LogP contribution in [0.3, 0.4) is 0 Å². The maximum Gasteiger partial charge on any atom is 0.433 e. The summed E-state index contributed by atoms with van der Waals surface area (Å²) in [6.45, 7) is 1.49. The van der Waals surface area contributed by atoms with Gasteiger partial charge >= 0.3 is 6.18 Å². The minimum Gasteiger partial charge on any atom is -0.494 e. The summed E-state index contributed by atoms with van der Waals surface area (Å²) in [5.74, 6) is 0.167. The zero-order valence-electron chi connectivity index (χ0n) is 18.4. The normalized spacial score (nSPS) is 11.9. The van der Waals surface area contributed by atoms with E-state index >= 15 is 0 Å². The highest BCUT2D eigenvalue weighted by Crippen LogP contribution is 2.38. The van der Waals surface area contributed by atoms with Crippen molar-refractivity contribution in [1.82, 2.24) is 19.6 Å². The standard InChI is InChI=1S/C23H17F3N6O3/c1-10-15(21-30-17-13(34-2)8-12(19(27)28)9-14(17)35-21)22(33)32-20(29-10)16(11-6-4-3-5-7-11)18(31-32)23(24,25)26/h3-9,31H,1-2H3,(H3,27,28)/p+1. The SMILES string of the molecule is COc1cc(C(N)=[NH2+])cc2oc(-c3c(C)nc4c(-c5ccccc5)c(C(F)(F)F)[nH]n4c3=O)nc12. The van der Waals surface area contributed by atoms with E-state index in [0.717, 1.165) is 4.52 Å². The number of hydrogen-bond acceptors (Lipinski definition) is 5. The van der Waals surface area contributed by atoms with Crippen molar-refractivity contribution in [2.75, 3.05) is 7.11 Å². The van der Waals surface area contributed by atoms with Crippen LogP contribution in [0.4, 0.5) is 13.2 Å². The van der Waals surface area contributed by atoms with E-state index in [1.54, 1.807) is 24.3 Å².